The Balaban J connectivity index is 0.00000225. The van der Waals surface area contributed by atoms with Gasteiger partial charge in [0, 0.05) is 49.4 Å². The molecule has 0 saturated heterocycles. The van der Waals surface area contributed by atoms with Crippen molar-refractivity contribution in [2.45, 2.75) is 44.1 Å². The number of nitrogens with one attached hydrogen (secondary N) is 2. The molecular formula is C18H28IN5S. The van der Waals surface area contributed by atoms with Crippen molar-refractivity contribution < 1.29 is 0 Å². The Labute approximate surface area is 171 Å². The Bertz CT molecular complexity index is 618. The first-order valence-corrected chi connectivity index (χ1v) is 9.65. The van der Waals surface area contributed by atoms with E-state index in [4.69, 9.17) is 0 Å². The van der Waals surface area contributed by atoms with Gasteiger partial charge in [0.1, 0.15) is 0 Å². The molecule has 5 nitrogen and oxygen atoms in total. The normalized spacial score (nSPS) is 16.9. The molecule has 2 N–H and O–H groups in total. The monoisotopic (exact) mass is 473 g/mol. The molecular weight excluding hydrogens is 445 g/mol. The van der Waals surface area contributed by atoms with E-state index in [1.54, 1.807) is 6.20 Å². The zero-order valence-corrected chi connectivity index (χ0v) is 17.9. The third-order valence-electron chi connectivity index (χ3n) is 4.89. The van der Waals surface area contributed by atoms with Crippen molar-refractivity contribution in [2.24, 2.45) is 4.99 Å². The van der Waals surface area contributed by atoms with E-state index in [9.17, 15) is 0 Å². The highest BCUT2D eigenvalue weighted by atomic mass is 127. The van der Waals surface area contributed by atoms with Crippen molar-refractivity contribution >= 4 is 41.3 Å². The molecule has 0 spiro atoms. The quantitative estimate of drug-likeness (QED) is 0.383. The summed E-state index contributed by atoms with van der Waals surface area (Å²) < 4.78 is 2.06. The van der Waals surface area contributed by atoms with Crippen LogP contribution >= 0.6 is 35.3 Å². The molecule has 0 radical (unpaired) electrons. The summed E-state index contributed by atoms with van der Waals surface area (Å²) in [5.41, 5.74) is 0.272. The lowest BCUT2D eigenvalue weighted by atomic mass is 9.73. The second-order valence-electron chi connectivity index (χ2n) is 6.47. The molecule has 1 aliphatic carbocycles. The molecule has 0 unspecified atom stereocenters. The first-order valence-electron chi connectivity index (χ1n) is 8.77. The Hall–Kier alpha value is -1.09. The lowest BCUT2D eigenvalue weighted by molar-refractivity contribution is 0.296. The maximum absolute atomic E-state index is 4.38. The average molecular weight is 473 g/mol. The van der Waals surface area contributed by atoms with E-state index in [0.717, 1.165) is 25.6 Å². The molecule has 3 rings (SSSR count). The van der Waals surface area contributed by atoms with Crippen LogP contribution in [0.3, 0.4) is 0 Å². The second kappa shape index (κ2) is 10.2. The third kappa shape index (κ3) is 5.44. The highest BCUT2D eigenvalue weighted by Gasteiger charge is 2.34. The summed E-state index contributed by atoms with van der Waals surface area (Å²) in [7, 11) is 1.84. The molecule has 0 aliphatic heterocycles. The molecule has 1 fully saturated rings. The van der Waals surface area contributed by atoms with Crippen molar-refractivity contribution in [3.05, 3.63) is 41.1 Å². The predicted molar refractivity (Wildman–Crippen MR) is 116 cm³/mol. The number of nitrogens with zero attached hydrogens (tertiary/aromatic N) is 3. The number of halogens is 1. The number of aliphatic imine (C=N–C) groups is 1. The van der Waals surface area contributed by atoms with Gasteiger partial charge in [-0.2, -0.15) is 0 Å². The molecule has 2 aromatic heterocycles. The molecule has 7 heteroatoms. The number of aromatic nitrogens is 2. The summed E-state index contributed by atoms with van der Waals surface area (Å²) in [6, 6.07) is 4.47. The van der Waals surface area contributed by atoms with Gasteiger partial charge in [-0.25, -0.2) is 4.98 Å². The van der Waals surface area contributed by atoms with Crippen LogP contribution in [0.1, 0.15) is 37.0 Å². The molecule has 0 bridgehead atoms. The number of rotatable bonds is 6. The second-order valence-corrected chi connectivity index (χ2v) is 7.42. The van der Waals surface area contributed by atoms with E-state index in [2.05, 4.69) is 42.7 Å². The minimum absolute atomic E-state index is 0. The van der Waals surface area contributed by atoms with Crippen LogP contribution in [0.5, 0.6) is 0 Å². The van der Waals surface area contributed by atoms with Gasteiger partial charge in [0.05, 0.1) is 6.33 Å². The molecule has 1 aliphatic rings. The van der Waals surface area contributed by atoms with Gasteiger partial charge in [-0.15, -0.1) is 35.3 Å². The van der Waals surface area contributed by atoms with Crippen molar-refractivity contribution in [1.82, 2.24) is 20.2 Å². The Morgan fingerprint density at radius 2 is 2.16 bits per heavy atom. The molecule has 138 valence electrons. The van der Waals surface area contributed by atoms with Crippen molar-refractivity contribution in [1.29, 1.82) is 0 Å². The zero-order valence-electron chi connectivity index (χ0n) is 14.8. The summed E-state index contributed by atoms with van der Waals surface area (Å²) in [5, 5.41) is 9.17. The molecule has 2 heterocycles. The zero-order chi connectivity index (χ0) is 16.7. The lowest BCUT2D eigenvalue weighted by Gasteiger charge is -2.37. The predicted octanol–water partition coefficient (Wildman–Crippen LogP) is 3.63. The third-order valence-corrected chi connectivity index (χ3v) is 6.01. The summed E-state index contributed by atoms with van der Waals surface area (Å²) in [4.78, 5) is 9.96. The van der Waals surface area contributed by atoms with E-state index < -0.39 is 0 Å². The fourth-order valence-electron chi connectivity index (χ4n) is 3.52. The van der Waals surface area contributed by atoms with Crippen molar-refractivity contribution in [3.8, 4) is 0 Å². The fraction of sp³-hybridized carbons (Fsp3) is 0.556. The van der Waals surface area contributed by atoms with Crippen LogP contribution in [-0.2, 0) is 12.0 Å². The minimum atomic E-state index is 0. The summed E-state index contributed by atoms with van der Waals surface area (Å²) in [5.74, 6) is 0.886. The molecule has 1 saturated carbocycles. The van der Waals surface area contributed by atoms with Gasteiger partial charge in [-0.1, -0.05) is 25.3 Å². The molecule has 0 amide bonds. The van der Waals surface area contributed by atoms with Crippen LogP contribution in [0.4, 0.5) is 0 Å². The average Bonchev–Trinajstić information content (AvgIpc) is 3.32. The Morgan fingerprint density at radius 3 is 2.80 bits per heavy atom. The van der Waals surface area contributed by atoms with E-state index in [-0.39, 0.29) is 29.4 Å². The largest absolute Gasteiger partial charge is 0.355 e. The first-order chi connectivity index (χ1) is 11.8. The number of guanidine groups is 1. The summed E-state index contributed by atoms with van der Waals surface area (Å²) in [6.45, 7) is 2.68. The van der Waals surface area contributed by atoms with Crippen LogP contribution < -0.4 is 10.6 Å². The van der Waals surface area contributed by atoms with Gasteiger partial charge in [-0.3, -0.25) is 4.99 Å². The van der Waals surface area contributed by atoms with Crippen LogP contribution in [-0.4, -0.2) is 35.6 Å². The number of imidazole rings is 1. The van der Waals surface area contributed by atoms with Gasteiger partial charge in [0.15, 0.2) is 5.96 Å². The highest BCUT2D eigenvalue weighted by molar-refractivity contribution is 14.0. The number of thiophene rings is 1. The van der Waals surface area contributed by atoms with Gasteiger partial charge in [0.25, 0.3) is 0 Å². The molecule has 25 heavy (non-hydrogen) atoms. The highest BCUT2D eigenvalue weighted by Crippen LogP contribution is 2.41. The standard InChI is InChI=1S/C18H27N5S.HI/c1-19-17(21-10-12-23-11-9-20-15-23)22-14-18(7-3-2-4-8-18)16-6-5-13-24-16;/h5-6,9,11,13,15H,2-4,7-8,10,12,14H2,1H3,(H2,19,21,22);1H. The van der Waals surface area contributed by atoms with E-state index in [1.807, 2.05) is 30.9 Å². The van der Waals surface area contributed by atoms with Crippen LogP contribution in [0, 0.1) is 0 Å². The van der Waals surface area contributed by atoms with Gasteiger partial charge in [-0.05, 0) is 24.3 Å². The Kier molecular flexibility index (Phi) is 8.21. The van der Waals surface area contributed by atoms with E-state index in [1.165, 1.54) is 37.0 Å². The maximum Gasteiger partial charge on any atom is 0.191 e. The molecule has 0 atom stereocenters. The van der Waals surface area contributed by atoms with Crippen molar-refractivity contribution in [2.75, 3.05) is 20.1 Å². The first kappa shape index (κ1) is 20.2. The molecule has 2 aromatic rings. The van der Waals surface area contributed by atoms with E-state index in [0.29, 0.717) is 0 Å². The summed E-state index contributed by atoms with van der Waals surface area (Å²) in [6.07, 6.45) is 12.2. The van der Waals surface area contributed by atoms with Crippen LogP contribution in [0.25, 0.3) is 0 Å². The van der Waals surface area contributed by atoms with Crippen LogP contribution in [0.2, 0.25) is 0 Å². The summed E-state index contributed by atoms with van der Waals surface area (Å²) >= 11 is 1.89. The SMILES string of the molecule is CN=C(NCCn1ccnc1)NCC1(c2cccs2)CCCCC1.I. The maximum atomic E-state index is 4.38. The molecule has 0 aromatic carbocycles. The minimum Gasteiger partial charge on any atom is -0.355 e. The topological polar surface area (TPSA) is 54.2 Å². The Morgan fingerprint density at radius 1 is 1.32 bits per heavy atom. The van der Waals surface area contributed by atoms with Gasteiger partial charge in [0.2, 0.25) is 0 Å². The number of hydrogen-bond donors (Lipinski definition) is 2. The smallest absolute Gasteiger partial charge is 0.191 e. The van der Waals surface area contributed by atoms with Crippen LogP contribution in [0.15, 0.2) is 41.2 Å². The van der Waals surface area contributed by atoms with E-state index >= 15 is 0 Å². The van der Waals surface area contributed by atoms with Gasteiger partial charge < -0.3 is 15.2 Å². The van der Waals surface area contributed by atoms with Crippen molar-refractivity contribution in [3.63, 3.8) is 0 Å². The lowest BCUT2D eigenvalue weighted by Crippen LogP contribution is -2.46. The fourth-order valence-corrected chi connectivity index (χ4v) is 4.50. The number of hydrogen-bond acceptors (Lipinski definition) is 3. The van der Waals surface area contributed by atoms with Gasteiger partial charge >= 0.3 is 0 Å².